The molecule has 92 valence electrons. The van der Waals surface area contributed by atoms with Gasteiger partial charge in [0.05, 0.1) is 5.02 Å². The topological polar surface area (TPSA) is 26.3 Å². The van der Waals surface area contributed by atoms with E-state index >= 15 is 0 Å². The van der Waals surface area contributed by atoms with E-state index in [1.165, 1.54) is 0 Å². The summed E-state index contributed by atoms with van der Waals surface area (Å²) in [6.07, 6.45) is 0.703. The molecule has 0 atom stereocenters. The Hall–Kier alpha value is -1.51. The minimum atomic E-state index is 0.328. The maximum atomic E-state index is 10.7. The largest absolute Gasteiger partial charge is 0.487 e. The third-order valence-corrected chi connectivity index (χ3v) is 3.04. The van der Waals surface area contributed by atoms with E-state index in [1.54, 1.807) is 24.3 Å². The van der Waals surface area contributed by atoms with E-state index in [-0.39, 0.29) is 0 Å². The fourth-order valence-corrected chi connectivity index (χ4v) is 1.96. The van der Waals surface area contributed by atoms with Crippen LogP contribution in [0.25, 0.3) is 0 Å². The number of halogens is 2. The first kappa shape index (κ1) is 12.9. The maximum absolute atomic E-state index is 10.7. The van der Waals surface area contributed by atoms with Crippen molar-refractivity contribution < 1.29 is 9.53 Å². The van der Waals surface area contributed by atoms with E-state index in [4.69, 9.17) is 27.9 Å². The zero-order chi connectivity index (χ0) is 13.0. The first-order valence-electron chi connectivity index (χ1n) is 5.31. The lowest BCUT2D eigenvalue weighted by Gasteiger charge is -2.09. The van der Waals surface area contributed by atoms with Gasteiger partial charge in [0, 0.05) is 10.6 Å². The van der Waals surface area contributed by atoms with Gasteiger partial charge in [-0.15, -0.1) is 0 Å². The molecule has 2 nitrogen and oxygen atoms in total. The fraction of sp³-hybridized carbons (Fsp3) is 0.0714. The number of aldehydes is 1. The summed E-state index contributed by atoms with van der Waals surface area (Å²) < 4.78 is 5.57. The molecule has 0 unspecified atom stereocenters. The van der Waals surface area contributed by atoms with Crippen molar-refractivity contribution in [3.8, 4) is 5.75 Å². The van der Waals surface area contributed by atoms with Gasteiger partial charge in [0.15, 0.2) is 6.29 Å². The molecular formula is C14H10Cl2O2. The van der Waals surface area contributed by atoms with Gasteiger partial charge in [0.25, 0.3) is 0 Å². The van der Waals surface area contributed by atoms with E-state index in [0.29, 0.717) is 34.3 Å². The van der Waals surface area contributed by atoms with Crippen LogP contribution in [-0.2, 0) is 6.61 Å². The van der Waals surface area contributed by atoms with Crippen LogP contribution in [0, 0.1) is 0 Å². The molecule has 2 rings (SSSR count). The number of hydrogen-bond donors (Lipinski definition) is 0. The van der Waals surface area contributed by atoms with E-state index in [1.807, 2.05) is 18.2 Å². The zero-order valence-corrected chi connectivity index (χ0v) is 10.9. The lowest BCUT2D eigenvalue weighted by atomic mass is 10.2. The van der Waals surface area contributed by atoms with Crippen LogP contribution in [0.4, 0.5) is 0 Å². The average Bonchev–Trinajstić information content (AvgIpc) is 2.38. The van der Waals surface area contributed by atoms with E-state index in [0.717, 1.165) is 5.56 Å². The highest BCUT2D eigenvalue weighted by atomic mass is 35.5. The van der Waals surface area contributed by atoms with Gasteiger partial charge in [-0.25, -0.2) is 0 Å². The van der Waals surface area contributed by atoms with Crippen LogP contribution in [-0.4, -0.2) is 6.29 Å². The van der Waals surface area contributed by atoms with Crippen LogP contribution in [0.3, 0.4) is 0 Å². The zero-order valence-electron chi connectivity index (χ0n) is 9.40. The van der Waals surface area contributed by atoms with Gasteiger partial charge in [-0.05, 0) is 29.8 Å². The number of rotatable bonds is 4. The number of ether oxygens (including phenoxy) is 1. The van der Waals surface area contributed by atoms with E-state index in [9.17, 15) is 4.79 Å². The fourth-order valence-electron chi connectivity index (χ4n) is 1.52. The predicted octanol–water partition coefficient (Wildman–Crippen LogP) is 4.38. The van der Waals surface area contributed by atoms with Gasteiger partial charge < -0.3 is 4.74 Å². The van der Waals surface area contributed by atoms with Crippen LogP contribution in [0.1, 0.15) is 15.9 Å². The van der Waals surface area contributed by atoms with Crippen LogP contribution < -0.4 is 4.74 Å². The molecule has 0 aromatic heterocycles. The van der Waals surface area contributed by atoms with Gasteiger partial charge in [0.2, 0.25) is 0 Å². The van der Waals surface area contributed by atoms with Gasteiger partial charge in [-0.3, -0.25) is 4.79 Å². The standard InChI is InChI=1S/C14H10Cl2O2/c15-12-5-1-3-10(7-12)9-18-13-6-2-4-11(8-17)14(13)16/h1-8H,9H2. The number of hydrogen-bond acceptors (Lipinski definition) is 2. The predicted molar refractivity (Wildman–Crippen MR) is 72.6 cm³/mol. The summed E-state index contributed by atoms with van der Waals surface area (Å²) in [5.74, 6) is 0.487. The Morgan fingerprint density at radius 1 is 1.11 bits per heavy atom. The first-order chi connectivity index (χ1) is 8.70. The van der Waals surface area contributed by atoms with Crippen molar-refractivity contribution in [2.45, 2.75) is 6.61 Å². The molecule has 0 saturated carbocycles. The lowest BCUT2D eigenvalue weighted by Crippen LogP contribution is -1.97. The van der Waals surface area contributed by atoms with Crippen molar-refractivity contribution in [3.05, 3.63) is 63.6 Å². The van der Waals surface area contributed by atoms with Crippen molar-refractivity contribution in [2.24, 2.45) is 0 Å². The Labute approximate surface area is 115 Å². The lowest BCUT2D eigenvalue weighted by molar-refractivity contribution is 0.112. The summed E-state index contributed by atoms with van der Waals surface area (Å²) in [6, 6.07) is 12.5. The van der Waals surface area contributed by atoms with Gasteiger partial charge in [-0.2, -0.15) is 0 Å². The molecule has 2 aromatic carbocycles. The molecule has 0 aliphatic rings. The molecule has 0 bridgehead atoms. The third-order valence-electron chi connectivity index (χ3n) is 2.40. The molecule has 0 aliphatic carbocycles. The molecule has 0 N–H and O–H groups in total. The minimum Gasteiger partial charge on any atom is -0.487 e. The summed E-state index contributed by atoms with van der Waals surface area (Å²) in [5, 5.41) is 0.985. The van der Waals surface area contributed by atoms with Crippen molar-refractivity contribution in [1.82, 2.24) is 0 Å². The van der Waals surface area contributed by atoms with Crippen molar-refractivity contribution in [3.63, 3.8) is 0 Å². The van der Waals surface area contributed by atoms with Crippen LogP contribution in [0.5, 0.6) is 5.75 Å². The Morgan fingerprint density at radius 3 is 2.61 bits per heavy atom. The third kappa shape index (κ3) is 3.03. The van der Waals surface area contributed by atoms with E-state index in [2.05, 4.69) is 0 Å². The molecule has 2 aromatic rings. The van der Waals surface area contributed by atoms with Crippen LogP contribution in [0.2, 0.25) is 10.0 Å². The van der Waals surface area contributed by atoms with Gasteiger partial charge in [0.1, 0.15) is 12.4 Å². The summed E-state index contributed by atoms with van der Waals surface area (Å²) in [6.45, 7) is 0.350. The first-order valence-corrected chi connectivity index (χ1v) is 6.07. The van der Waals surface area contributed by atoms with Gasteiger partial charge in [-0.1, -0.05) is 41.4 Å². The van der Waals surface area contributed by atoms with Crippen molar-refractivity contribution in [2.75, 3.05) is 0 Å². The quantitative estimate of drug-likeness (QED) is 0.777. The molecule has 4 heteroatoms. The van der Waals surface area contributed by atoms with Crippen molar-refractivity contribution in [1.29, 1.82) is 0 Å². The molecular weight excluding hydrogens is 271 g/mol. The Kier molecular flexibility index (Phi) is 4.24. The van der Waals surface area contributed by atoms with E-state index < -0.39 is 0 Å². The monoisotopic (exact) mass is 280 g/mol. The summed E-state index contributed by atoms with van der Waals surface area (Å²) in [7, 11) is 0. The molecule has 0 fully saturated rings. The maximum Gasteiger partial charge on any atom is 0.151 e. The van der Waals surface area contributed by atoms with Gasteiger partial charge >= 0.3 is 0 Å². The smallest absolute Gasteiger partial charge is 0.151 e. The second kappa shape index (κ2) is 5.89. The SMILES string of the molecule is O=Cc1cccc(OCc2cccc(Cl)c2)c1Cl. The Morgan fingerprint density at radius 2 is 1.89 bits per heavy atom. The number of carbonyl (C=O) groups is 1. The summed E-state index contributed by atoms with van der Waals surface area (Å²) in [5.41, 5.74) is 1.36. The highest BCUT2D eigenvalue weighted by molar-refractivity contribution is 6.34. The molecule has 0 saturated heterocycles. The average molecular weight is 281 g/mol. The molecule has 0 heterocycles. The Balaban J connectivity index is 2.13. The molecule has 0 aliphatic heterocycles. The molecule has 0 amide bonds. The number of carbonyl (C=O) groups excluding carboxylic acids is 1. The van der Waals surface area contributed by atoms with Crippen LogP contribution in [0.15, 0.2) is 42.5 Å². The summed E-state index contributed by atoms with van der Waals surface area (Å²) in [4.78, 5) is 10.7. The highest BCUT2D eigenvalue weighted by Gasteiger charge is 2.06. The van der Waals surface area contributed by atoms with Crippen LogP contribution >= 0.6 is 23.2 Å². The molecule has 18 heavy (non-hydrogen) atoms. The highest BCUT2D eigenvalue weighted by Crippen LogP contribution is 2.27. The molecule has 0 spiro atoms. The normalized spacial score (nSPS) is 10.1. The van der Waals surface area contributed by atoms with Crippen molar-refractivity contribution >= 4 is 29.5 Å². The Bertz CT molecular complexity index is 567. The number of benzene rings is 2. The molecule has 0 radical (unpaired) electrons. The minimum absolute atomic E-state index is 0.328. The summed E-state index contributed by atoms with van der Waals surface area (Å²) >= 11 is 11.9. The second-order valence-corrected chi connectivity index (χ2v) is 4.51. The second-order valence-electron chi connectivity index (χ2n) is 3.70.